The van der Waals surface area contributed by atoms with E-state index in [9.17, 15) is 10.3 Å². The summed E-state index contributed by atoms with van der Waals surface area (Å²) in [5.74, 6) is 0. The summed E-state index contributed by atoms with van der Waals surface area (Å²) in [4.78, 5) is 0. The van der Waals surface area contributed by atoms with Crippen molar-refractivity contribution in [1.29, 1.82) is 0 Å². The van der Waals surface area contributed by atoms with E-state index in [1.165, 1.54) is 0 Å². The first-order valence-electron chi connectivity index (χ1n) is 6.14. The molecule has 3 heteroatoms. The Labute approximate surface area is 108 Å². The van der Waals surface area contributed by atoms with Crippen molar-refractivity contribution in [3.8, 4) is 0 Å². The van der Waals surface area contributed by atoms with Gasteiger partial charge in [-0.2, -0.15) is 0 Å². The fourth-order valence-corrected chi connectivity index (χ4v) is 2.75. The van der Waals surface area contributed by atoms with Crippen LogP contribution in [0.1, 0.15) is 32.3 Å². The second-order valence-electron chi connectivity index (χ2n) is 5.52. The predicted molar refractivity (Wildman–Crippen MR) is 72.6 cm³/mol. The van der Waals surface area contributed by atoms with Crippen molar-refractivity contribution in [3.05, 3.63) is 53.8 Å². The van der Waals surface area contributed by atoms with E-state index in [0.29, 0.717) is 18.6 Å². The molecule has 0 fully saturated rings. The van der Waals surface area contributed by atoms with Gasteiger partial charge in [0.1, 0.15) is 0 Å². The van der Waals surface area contributed by atoms with Crippen LogP contribution >= 0.6 is 0 Å². The van der Waals surface area contributed by atoms with Crippen molar-refractivity contribution >= 4 is 5.71 Å². The third kappa shape index (κ3) is 1.95. The average Bonchev–Trinajstić information content (AvgIpc) is 2.47. The Morgan fingerprint density at radius 1 is 1.39 bits per heavy atom. The summed E-state index contributed by atoms with van der Waals surface area (Å²) in [6.45, 7) is 7.38. The highest BCUT2D eigenvalue weighted by molar-refractivity contribution is 6.04. The molecule has 1 aromatic rings. The number of hydroxylamine groups is 1. The Morgan fingerprint density at radius 3 is 2.56 bits per heavy atom. The second-order valence-corrected chi connectivity index (χ2v) is 5.52. The largest absolute Gasteiger partial charge is 0.623 e. The Balaban J connectivity index is 2.58. The van der Waals surface area contributed by atoms with Gasteiger partial charge in [0.25, 0.3) is 0 Å². The van der Waals surface area contributed by atoms with Crippen molar-refractivity contribution < 1.29 is 9.85 Å². The molecule has 2 rings (SSSR count). The lowest BCUT2D eigenvalue weighted by atomic mass is 9.84. The molecule has 1 aliphatic heterocycles. The highest BCUT2D eigenvalue weighted by atomic mass is 16.5. The molecular formula is C15H19NO2. The van der Waals surface area contributed by atoms with Crippen LogP contribution in [0.25, 0.3) is 0 Å². The maximum absolute atomic E-state index is 12.4. The van der Waals surface area contributed by atoms with Crippen LogP contribution in [0.15, 0.2) is 43.0 Å². The van der Waals surface area contributed by atoms with Crippen LogP contribution in [-0.2, 0) is 0 Å². The Hall–Kier alpha value is -1.61. The predicted octanol–water partition coefficient (Wildman–Crippen LogP) is 2.48. The van der Waals surface area contributed by atoms with E-state index >= 15 is 0 Å². The van der Waals surface area contributed by atoms with E-state index in [2.05, 4.69) is 6.58 Å². The number of aliphatic hydroxyl groups is 1. The van der Waals surface area contributed by atoms with Crippen LogP contribution in [0.4, 0.5) is 0 Å². The number of hydrogen-bond acceptors (Lipinski definition) is 2. The molecule has 1 atom stereocenters. The van der Waals surface area contributed by atoms with Crippen molar-refractivity contribution in [3.63, 3.8) is 0 Å². The van der Waals surface area contributed by atoms with E-state index in [4.69, 9.17) is 0 Å². The zero-order chi connectivity index (χ0) is 13.4. The molecule has 0 saturated heterocycles. The normalized spacial score (nSPS) is 26.4. The molecule has 1 N–H and O–H groups in total. The molecule has 96 valence electrons. The molecule has 0 radical (unpaired) electrons. The van der Waals surface area contributed by atoms with Gasteiger partial charge in [0.15, 0.2) is 11.1 Å². The van der Waals surface area contributed by atoms with Crippen molar-refractivity contribution in [2.45, 2.75) is 37.8 Å². The highest BCUT2D eigenvalue weighted by Crippen LogP contribution is 2.36. The molecule has 0 spiro atoms. The molecule has 0 aromatic heterocycles. The van der Waals surface area contributed by atoms with Gasteiger partial charge >= 0.3 is 0 Å². The van der Waals surface area contributed by atoms with Crippen LogP contribution in [-0.4, -0.2) is 26.7 Å². The molecule has 1 aliphatic rings. The molecule has 0 bridgehead atoms. The van der Waals surface area contributed by atoms with Gasteiger partial charge in [0.05, 0.1) is 6.42 Å². The quantitative estimate of drug-likeness (QED) is 0.505. The summed E-state index contributed by atoms with van der Waals surface area (Å²) in [5, 5.41) is 23.2. The van der Waals surface area contributed by atoms with Crippen LogP contribution in [0, 0.1) is 5.21 Å². The average molecular weight is 245 g/mol. The third-order valence-electron chi connectivity index (χ3n) is 3.45. The number of benzene rings is 1. The molecule has 3 nitrogen and oxygen atoms in total. The molecule has 1 aromatic carbocycles. The zero-order valence-electron chi connectivity index (χ0n) is 10.9. The minimum absolute atomic E-state index is 0.388. The molecule has 1 heterocycles. The summed E-state index contributed by atoms with van der Waals surface area (Å²) in [7, 11) is 0. The smallest absolute Gasteiger partial charge is 0.227 e. The topological polar surface area (TPSA) is 46.3 Å². The van der Waals surface area contributed by atoms with E-state index < -0.39 is 11.1 Å². The zero-order valence-corrected chi connectivity index (χ0v) is 10.9. The van der Waals surface area contributed by atoms with Gasteiger partial charge < -0.3 is 10.3 Å². The van der Waals surface area contributed by atoms with Crippen LogP contribution in [0.2, 0.25) is 0 Å². The Morgan fingerprint density at radius 2 is 2.00 bits per heavy atom. The Bertz CT molecular complexity index is 490. The van der Waals surface area contributed by atoms with E-state index in [0.717, 1.165) is 10.3 Å². The van der Waals surface area contributed by atoms with Gasteiger partial charge in [0, 0.05) is 25.8 Å². The maximum Gasteiger partial charge on any atom is 0.227 e. The fourth-order valence-electron chi connectivity index (χ4n) is 2.75. The van der Waals surface area contributed by atoms with Gasteiger partial charge in [-0.05, 0) is 12.1 Å². The first kappa shape index (κ1) is 12.8. The Kier molecular flexibility index (Phi) is 3.03. The maximum atomic E-state index is 12.4. The molecule has 0 amide bonds. The van der Waals surface area contributed by atoms with Crippen LogP contribution in [0.5, 0.6) is 0 Å². The van der Waals surface area contributed by atoms with E-state index in [1.807, 2.05) is 44.2 Å². The first-order valence-corrected chi connectivity index (χ1v) is 6.14. The van der Waals surface area contributed by atoms with Crippen molar-refractivity contribution in [2.24, 2.45) is 0 Å². The lowest BCUT2D eigenvalue weighted by molar-refractivity contribution is -0.530. The number of nitrogens with zero attached hydrogens (tertiary/aromatic N) is 1. The van der Waals surface area contributed by atoms with Gasteiger partial charge in [0.2, 0.25) is 5.71 Å². The summed E-state index contributed by atoms with van der Waals surface area (Å²) >= 11 is 0. The first-order chi connectivity index (χ1) is 8.41. The summed E-state index contributed by atoms with van der Waals surface area (Å²) in [6, 6.07) is 9.35. The van der Waals surface area contributed by atoms with Crippen molar-refractivity contribution in [1.82, 2.24) is 0 Å². The lowest BCUT2D eigenvalue weighted by Gasteiger charge is -2.20. The van der Waals surface area contributed by atoms with Gasteiger partial charge in [-0.15, -0.1) is 6.58 Å². The molecule has 0 aliphatic carbocycles. The van der Waals surface area contributed by atoms with Crippen LogP contribution < -0.4 is 0 Å². The SMILES string of the molecule is C=CCC1(O)CC(C)(C)[N+]([O-])=C1c1ccccc1. The fraction of sp³-hybridized carbons (Fsp3) is 0.400. The van der Waals surface area contributed by atoms with E-state index in [1.54, 1.807) is 6.08 Å². The summed E-state index contributed by atoms with van der Waals surface area (Å²) in [6.07, 6.45) is 2.47. The second kappa shape index (κ2) is 4.25. The van der Waals surface area contributed by atoms with Crippen LogP contribution in [0.3, 0.4) is 0 Å². The van der Waals surface area contributed by atoms with Crippen molar-refractivity contribution in [2.75, 3.05) is 0 Å². The van der Waals surface area contributed by atoms with Gasteiger partial charge in [-0.25, -0.2) is 4.74 Å². The third-order valence-corrected chi connectivity index (χ3v) is 3.45. The number of rotatable bonds is 3. The monoisotopic (exact) mass is 245 g/mol. The lowest BCUT2D eigenvalue weighted by Crippen LogP contribution is -2.37. The highest BCUT2D eigenvalue weighted by Gasteiger charge is 2.54. The summed E-state index contributed by atoms with van der Waals surface area (Å²) < 4.78 is 0.950. The standard InChI is InChI=1S/C15H19NO2/c1-4-10-15(17)11-14(2,3)16(18)13(15)12-8-6-5-7-9-12/h4-9,17H,1,10-11H2,2-3H3. The molecule has 18 heavy (non-hydrogen) atoms. The molecule has 1 unspecified atom stereocenters. The van der Waals surface area contributed by atoms with E-state index in [-0.39, 0.29) is 0 Å². The minimum Gasteiger partial charge on any atom is -0.623 e. The minimum atomic E-state index is -1.12. The number of hydrogen-bond donors (Lipinski definition) is 1. The molecular weight excluding hydrogens is 226 g/mol. The van der Waals surface area contributed by atoms with Gasteiger partial charge in [-0.3, -0.25) is 0 Å². The van der Waals surface area contributed by atoms with Gasteiger partial charge in [-0.1, -0.05) is 24.3 Å². The summed E-state index contributed by atoms with van der Waals surface area (Å²) in [5.41, 5.74) is -0.479. The molecule has 0 saturated carbocycles.